The standard InChI is InChI=1S/C16H28O3/c1-16(2)11-9-13(16)12(14(17)10-11)6-8-19-15-5-3-4-7-18-15/h11-15,17H,3-10H2,1-2H3/t11-,12+,13+,14?,15?/m1/s1. The van der Waals surface area contributed by atoms with Gasteiger partial charge in [-0.2, -0.15) is 0 Å². The van der Waals surface area contributed by atoms with E-state index in [0.717, 1.165) is 38.4 Å². The molecule has 3 saturated carbocycles. The highest BCUT2D eigenvalue weighted by Crippen LogP contribution is 2.61. The molecule has 4 aliphatic rings. The van der Waals surface area contributed by atoms with E-state index in [0.29, 0.717) is 17.3 Å². The third-order valence-corrected chi connectivity index (χ3v) is 5.98. The molecule has 2 bridgehead atoms. The largest absolute Gasteiger partial charge is 0.393 e. The summed E-state index contributed by atoms with van der Waals surface area (Å²) in [5, 5.41) is 10.3. The normalized spacial score (nSPS) is 44.7. The zero-order valence-electron chi connectivity index (χ0n) is 12.3. The maximum Gasteiger partial charge on any atom is 0.157 e. The summed E-state index contributed by atoms with van der Waals surface area (Å²) in [4.78, 5) is 0. The van der Waals surface area contributed by atoms with E-state index in [9.17, 15) is 5.11 Å². The van der Waals surface area contributed by atoms with Gasteiger partial charge in [-0.05, 0) is 61.7 Å². The van der Waals surface area contributed by atoms with E-state index in [-0.39, 0.29) is 12.4 Å². The van der Waals surface area contributed by atoms with E-state index >= 15 is 0 Å². The summed E-state index contributed by atoms with van der Waals surface area (Å²) in [6, 6.07) is 0. The predicted octanol–water partition coefficient (Wildman–Crippen LogP) is 2.96. The quantitative estimate of drug-likeness (QED) is 0.852. The van der Waals surface area contributed by atoms with E-state index in [1.165, 1.54) is 19.3 Å². The number of fused-ring (bicyclic) bond motifs is 2. The van der Waals surface area contributed by atoms with Crippen molar-refractivity contribution >= 4 is 0 Å². The van der Waals surface area contributed by atoms with Gasteiger partial charge in [0.25, 0.3) is 0 Å². The molecular weight excluding hydrogens is 240 g/mol. The molecule has 0 aromatic carbocycles. The molecule has 1 aliphatic heterocycles. The number of hydrogen-bond donors (Lipinski definition) is 1. The summed E-state index contributed by atoms with van der Waals surface area (Å²) >= 11 is 0. The molecule has 4 rings (SSSR count). The minimum atomic E-state index is -0.104. The summed E-state index contributed by atoms with van der Waals surface area (Å²) in [6.45, 7) is 6.32. The van der Waals surface area contributed by atoms with Crippen LogP contribution in [0.4, 0.5) is 0 Å². The van der Waals surface area contributed by atoms with Gasteiger partial charge in [0, 0.05) is 6.61 Å². The van der Waals surface area contributed by atoms with Crippen LogP contribution in [0.3, 0.4) is 0 Å². The van der Waals surface area contributed by atoms with Gasteiger partial charge in [-0.25, -0.2) is 0 Å². The van der Waals surface area contributed by atoms with Gasteiger partial charge in [-0.3, -0.25) is 0 Å². The highest BCUT2D eigenvalue weighted by Gasteiger charge is 2.57. The van der Waals surface area contributed by atoms with Crippen LogP contribution < -0.4 is 0 Å². The van der Waals surface area contributed by atoms with Crippen molar-refractivity contribution < 1.29 is 14.6 Å². The Bertz CT molecular complexity index is 309. The maximum atomic E-state index is 10.3. The fraction of sp³-hybridized carbons (Fsp3) is 1.00. The van der Waals surface area contributed by atoms with E-state index in [1.54, 1.807) is 0 Å². The molecule has 1 N–H and O–H groups in total. The second-order valence-electron chi connectivity index (χ2n) is 7.28. The molecule has 0 radical (unpaired) electrons. The Kier molecular flexibility index (Phi) is 3.89. The van der Waals surface area contributed by atoms with Crippen LogP contribution in [0, 0.1) is 23.2 Å². The lowest BCUT2D eigenvalue weighted by molar-refractivity contribution is -0.187. The van der Waals surface area contributed by atoms with Gasteiger partial charge >= 0.3 is 0 Å². The second kappa shape index (κ2) is 5.34. The van der Waals surface area contributed by atoms with Crippen LogP contribution in [-0.2, 0) is 9.47 Å². The molecule has 110 valence electrons. The molecule has 1 heterocycles. The van der Waals surface area contributed by atoms with Gasteiger partial charge in [0.2, 0.25) is 0 Å². The minimum absolute atomic E-state index is 0.0108. The molecule has 1 saturated heterocycles. The Morgan fingerprint density at radius 1 is 1.26 bits per heavy atom. The highest BCUT2D eigenvalue weighted by molar-refractivity contribution is 5.06. The fourth-order valence-corrected chi connectivity index (χ4v) is 4.49. The SMILES string of the molecule is CC1(C)[C@H]2CC(O)[C@@H](CCOC3CCCCO3)[C@@H]1C2. The van der Waals surface area contributed by atoms with Crippen molar-refractivity contribution in [1.82, 2.24) is 0 Å². The molecule has 3 nitrogen and oxygen atoms in total. The van der Waals surface area contributed by atoms with Crippen molar-refractivity contribution in [3.8, 4) is 0 Å². The Morgan fingerprint density at radius 2 is 2.11 bits per heavy atom. The first-order chi connectivity index (χ1) is 9.09. The minimum Gasteiger partial charge on any atom is -0.393 e. The smallest absolute Gasteiger partial charge is 0.157 e. The zero-order chi connectivity index (χ0) is 13.5. The number of aliphatic hydroxyl groups is 1. The molecule has 5 atom stereocenters. The average Bonchev–Trinajstić information content (AvgIpc) is 2.41. The van der Waals surface area contributed by atoms with Crippen LogP contribution in [0.2, 0.25) is 0 Å². The van der Waals surface area contributed by atoms with Crippen molar-refractivity contribution in [2.24, 2.45) is 23.2 Å². The topological polar surface area (TPSA) is 38.7 Å². The van der Waals surface area contributed by atoms with Crippen LogP contribution in [0.5, 0.6) is 0 Å². The van der Waals surface area contributed by atoms with E-state index in [2.05, 4.69) is 13.8 Å². The third-order valence-electron chi connectivity index (χ3n) is 5.98. The van der Waals surface area contributed by atoms with Gasteiger partial charge in [0.1, 0.15) is 0 Å². The third kappa shape index (κ3) is 2.57. The molecule has 0 amide bonds. The highest BCUT2D eigenvalue weighted by atomic mass is 16.7. The monoisotopic (exact) mass is 268 g/mol. The van der Waals surface area contributed by atoms with Crippen LogP contribution >= 0.6 is 0 Å². The van der Waals surface area contributed by atoms with Crippen LogP contribution in [0.1, 0.15) is 52.4 Å². The van der Waals surface area contributed by atoms with E-state index in [1.807, 2.05) is 0 Å². The van der Waals surface area contributed by atoms with Crippen molar-refractivity contribution in [2.45, 2.75) is 64.8 Å². The molecule has 2 unspecified atom stereocenters. The first-order valence-corrected chi connectivity index (χ1v) is 8.00. The molecule has 3 aliphatic carbocycles. The lowest BCUT2D eigenvalue weighted by Gasteiger charge is -2.61. The molecule has 0 aromatic rings. The van der Waals surface area contributed by atoms with Gasteiger partial charge in [-0.1, -0.05) is 13.8 Å². The Labute approximate surface area is 116 Å². The molecular formula is C16H28O3. The Morgan fingerprint density at radius 3 is 2.79 bits per heavy atom. The van der Waals surface area contributed by atoms with Gasteiger partial charge < -0.3 is 14.6 Å². The number of aliphatic hydroxyl groups excluding tert-OH is 1. The van der Waals surface area contributed by atoms with Crippen molar-refractivity contribution in [1.29, 1.82) is 0 Å². The van der Waals surface area contributed by atoms with E-state index < -0.39 is 0 Å². The molecule has 19 heavy (non-hydrogen) atoms. The predicted molar refractivity (Wildman–Crippen MR) is 73.7 cm³/mol. The van der Waals surface area contributed by atoms with Crippen molar-refractivity contribution in [3.05, 3.63) is 0 Å². The van der Waals surface area contributed by atoms with Gasteiger partial charge in [-0.15, -0.1) is 0 Å². The zero-order valence-corrected chi connectivity index (χ0v) is 12.3. The Hall–Kier alpha value is -0.120. The fourth-order valence-electron chi connectivity index (χ4n) is 4.49. The van der Waals surface area contributed by atoms with Gasteiger partial charge in [0.15, 0.2) is 6.29 Å². The number of ether oxygens (including phenoxy) is 2. The summed E-state index contributed by atoms with van der Waals surface area (Å²) in [6.07, 6.45) is 6.62. The summed E-state index contributed by atoms with van der Waals surface area (Å²) < 4.78 is 11.4. The maximum absolute atomic E-state index is 10.3. The van der Waals surface area contributed by atoms with Crippen molar-refractivity contribution in [3.63, 3.8) is 0 Å². The van der Waals surface area contributed by atoms with Crippen molar-refractivity contribution in [2.75, 3.05) is 13.2 Å². The molecule has 3 heteroatoms. The summed E-state index contributed by atoms with van der Waals surface area (Å²) in [5.74, 6) is 1.87. The van der Waals surface area contributed by atoms with Crippen LogP contribution in [0.25, 0.3) is 0 Å². The molecule has 0 aromatic heterocycles. The number of hydrogen-bond acceptors (Lipinski definition) is 3. The first-order valence-electron chi connectivity index (χ1n) is 8.00. The second-order valence-corrected chi connectivity index (χ2v) is 7.28. The van der Waals surface area contributed by atoms with Gasteiger partial charge in [0.05, 0.1) is 12.7 Å². The van der Waals surface area contributed by atoms with E-state index in [4.69, 9.17) is 9.47 Å². The lowest BCUT2D eigenvalue weighted by atomic mass is 9.44. The van der Waals surface area contributed by atoms with Crippen LogP contribution in [0.15, 0.2) is 0 Å². The number of rotatable bonds is 4. The molecule has 4 fully saturated rings. The average molecular weight is 268 g/mol. The summed E-state index contributed by atoms with van der Waals surface area (Å²) in [7, 11) is 0. The van der Waals surface area contributed by atoms with Crippen LogP contribution in [-0.4, -0.2) is 30.7 Å². The Balaban J connectivity index is 1.46. The summed E-state index contributed by atoms with van der Waals surface area (Å²) in [5.41, 5.74) is 0.436. The lowest BCUT2D eigenvalue weighted by Crippen LogP contribution is -2.57. The molecule has 0 spiro atoms. The first kappa shape index (κ1) is 13.8.